The van der Waals surface area contributed by atoms with Gasteiger partial charge in [-0.3, -0.25) is 9.48 Å². The minimum Gasteiger partial charge on any atom is -0.461 e. The molecule has 0 radical (unpaired) electrons. The van der Waals surface area contributed by atoms with Gasteiger partial charge in [-0.15, -0.1) is 0 Å². The summed E-state index contributed by atoms with van der Waals surface area (Å²) in [4.78, 5) is 23.9. The summed E-state index contributed by atoms with van der Waals surface area (Å²) in [6.07, 6.45) is 5.85. The molecule has 7 heteroatoms. The molecule has 1 amide bonds. The molecule has 0 aliphatic carbocycles. The predicted octanol–water partition coefficient (Wildman–Crippen LogP) is 1.81. The Kier molecular flexibility index (Phi) is 7.54. The Labute approximate surface area is 135 Å². The van der Waals surface area contributed by atoms with Crippen LogP contribution >= 0.6 is 0 Å². The number of unbranched alkanes of at least 4 members (excludes halogenated alkanes) is 2. The van der Waals surface area contributed by atoms with Crippen LogP contribution in [0.15, 0.2) is 11.8 Å². The number of ether oxygens (including phenoxy) is 1. The lowest BCUT2D eigenvalue weighted by molar-refractivity contribution is -0.117. The van der Waals surface area contributed by atoms with Crippen molar-refractivity contribution >= 4 is 18.0 Å². The van der Waals surface area contributed by atoms with Crippen molar-refractivity contribution in [2.45, 2.75) is 33.1 Å². The minimum atomic E-state index is -0.583. The smallest absolute Gasteiger partial charge is 0.359 e. The fourth-order valence-electron chi connectivity index (χ4n) is 1.95. The Balaban J connectivity index is 2.92. The topological polar surface area (TPSA) is 97.0 Å². The summed E-state index contributed by atoms with van der Waals surface area (Å²) in [5.41, 5.74) is 0.395. The summed E-state index contributed by atoms with van der Waals surface area (Å²) in [5.74, 6) is -1.04. The maximum absolute atomic E-state index is 12.0. The Hall–Kier alpha value is -2.62. The second-order valence-corrected chi connectivity index (χ2v) is 4.96. The lowest BCUT2D eigenvalue weighted by atomic mass is 10.1. The number of hydrogen-bond donors (Lipinski definition) is 1. The lowest BCUT2D eigenvalue weighted by Crippen LogP contribution is -2.25. The number of nitrogens with one attached hydrogen (secondary N) is 1. The largest absolute Gasteiger partial charge is 0.461 e. The molecular formula is C16H22N4O3. The first-order valence-electron chi connectivity index (χ1n) is 7.64. The molecule has 124 valence electrons. The van der Waals surface area contributed by atoms with Crippen LogP contribution in [0.2, 0.25) is 0 Å². The summed E-state index contributed by atoms with van der Waals surface area (Å²) in [6.45, 7) is 4.51. The number of aromatic nitrogens is 2. The van der Waals surface area contributed by atoms with Gasteiger partial charge in [-0.05, 0) is 19.4 Å². The van der Waals surface area contributed by atoms with Crippen LogP contribution in [0.4, 0.5) is 0 Å². The van der Waals surface area contributed by atoms with Crippen molar-refractivity contribution in [3.8, 4) is 6.07 Å². The van der Waals surface area contributed by atoms with E-state index in [-0.39, 0.29) is 17.9 Å². The molecule has 7 nitrogen and oxygen atoms in total. The van der Waals surface area contributed by atoms with E-state index in [4.69, 9.17) is 4.74 Å². The monoisotopic (exact) mass is 318 g/mol. The number of amides is 1. The average molecular weight is 318 g/mol. The van der Waals surface area contributed by atoms with Gasteiger partial charge in [-0.2, -0.15) is 10.4 Å². The maximum Gasteiger partial charge on any atom is 0.359 e. The first kappa shape index (κ1) is 18.4. The minimum absolute atomic E-state index is 0.0694. The van der Waals surface area contributed by atoms with Gasteiger partial charge in [0, 0.05) is 25.4 Å². The fourth-order valence-corrected chi connectivity index (χ4v) is 1.95. The van der Waals surface area contributed by atoms with E-state index in [1.807, 2.05) is 6.07 Å². The van der Waals surface area contributed by atoms with Gasteiger partial charge >= 0.3 is 5.97 Å². The molecule has 0 aliphatic heterocycles. The second-order valence-electron chi connectivity index (χ2n) is 4.96. The number of nitriles is 1. The molecule has 1 heterocycles. The van der Waals surface area contributed by atoms with E-state index in [1.54, 1.807) is 20.2 Å². The van der Waals surface area contributed by atoms with Gasteiger partial charge in [0.2, 0.25) is 0 Å². The molecule has 0 spiro atoms. The SMILES string of the molecule is CCCCCNC(=O)/C(C#N)=C/c1cn(C)nc1C(=O)OCC. The molecule has 1 rings (SSSR count). The van der Waals surface area contributed by atoms with Gasteiger partial charge in [0.25, 0.3) is 5.91 Å². The van der Waals surface area contributed by atoms with Crippen molar-refractivity contribution in [3.05, 3.63) is 23.0 Å². The summed E-state index contributed by atoms with van der Waals surface area (Å²) >= 11 is 0. The van der Waals surface area contributed by atoms with Crippen molar-refractivity contribution in [3.63, 3.8) is 0 Å². The molecule has 0 unspecified atom stereocenters. The van der Waals surface area contributed by atoms with Crippen LogP contribution in [0.25, 0.3) is 6.08 Å². The molecule has 1 aromatic rings. The molecule has 1 N–H and O–H groups in total. The highest BCUT2D eigenvalue weighted by Gasteiger charge is 2.18. The zero-order valence-corrected chi connectivity index (χ0v) is 13.8. The first-order valence-corrected chi connectivity index (χ1v) is 7.64. The van der Waals surface area contributed by atoms with Crippen molar-refractivity contribution in [1.82, 2.24) is 15.1 Å². The van der Waals surface area contributed by atoms with E-state index < -0.39 is 11.9 Å². The molecule has 0 bridgehead atoms. The molecule has 0 aromatic carbocycles. The van der Waals surface area contributed by atoms with E-state index >= 15 is 0 Å². The van der Waals surface area contributed by atoms with E-state index in [9.17, 15) is 14.9 Å². The standard InChI is InChI=1S/C16H22N4O3/c1-4-6-7-8-18-15(21)12(10-17)9-13-11-20(3)19-14(13)16(22)23-5-2/h9,11H,4-8H2,1-3H3,(H,18,21)/b12-9+. The molecule has 0 aliphatic rings. The van der Waals surface area contributed by atoms with Crippen LogP contribution in [-0.4, -0.2) is 34.8 Å². The highest BCUT2D eigenvalue weighted by molar-refractivity contribution is 6.03. The quantitative estimate of drug-likeness (QED) is 0.341. The fraction of sp³-hybridized carbons (Fsp3) is 0.500. The molecule has 0 fully saturated rings. The zero-order valence-electron chi connectivity index (χ0n) is 13.8. The van der Waals surface area contributed by atoms with Crippen LogP contribution in [0.1, 0.15) is 49.2 Å². The van der Waals surface area contributed by atoms with Crippen molar-refractivity contribution in [2.75, 3.05) is 13.2 Å². The predicted molar refractivity (Wildman–Crippen MR) is 85.3 cm³/mol. The summed E-state index contributed by atoms with van der Waals surface area (Å²) < 4.78 is 6.36. The maximum atomic E-state index is 12.0. The summed E-state index contributed by atoms with van der Waals surface area (Å²) in [6, 6.07) is 1.86. The third-order valence-corrected chi connectivity index (χ3v) is 3.06. The number of carbonyl (C=O) groups excluding carboxylic acids is 2. The van der Waals surface area contributed by atoms with Gasteiger partial charge < -0.3 is 10.1 Å². The molecule has 1 aromatic heterocycles. The van der Waals surface area contributed by atoms with E-state index in [0.717, 1.165) is 19.3 Å². The summed E-state index contributed by atoms with van der Waals surface area (Å²) in [7, 11) is 1.65. The third kappa shape index (κ3) is 5.58. The van der Waals surface area contributed by atoms with Gasteiger partial charge in [0.1, 0.15) is 11.6 Å². The Bertz CT molecular complexity index is 626. The van der Waals surface area contributed by atoms with Crippen molar-refractivity contribution in [2.24, 2.45) is 7.05 Å². The van der Waals surface area contributed by atoms with Crippen LogP contribution in [0.5, 0.6) is 0 Å². The summed E-state index contributed by atoms with van der Waals surface area (Å²) in [5, 5.41) is 15.9. The number of nitrogens with zero attached hydrogens (tertiary/aromatic N) is 3. The molecule has 0 saturated carbocycles. The van der Waals surface area contributed by atoms with Crippen LogP contribution in [-0.2, 0) is 16.6 Å². The van der Waals surface area contributed by atoms with Crippen LogP contribution < -0.4 is 5.32 Å². The normalized spacial score (nSPS) is 11.0. The van der Waals surface area contributed by atoms with Gasteiger partial charge in [0.15, 0.2) is 5.69 Å². The Morgan fingerprint density at radius 3 is 2.78 bits per heavy atom. The van der Waals surface area contributed by atoms with Crippen LogP contribution in [0.3, 0.4) is 0 Å². The number of rotatable bonds is 8. The number of carbonyl (C=O) groups is 2. The zero-order chi connectivity index (χ0) is 17.2. The van der Waals surface area contributed by atoms with E-state index in [2.05, 4.69) is 17.3 Å². The Morgan fingerprint density at radius 1 is 1.43 bits per heavy atom. The molecule has 23 heavy (non-hydrogen) atoms. The third-order valence-electron chi connectivity index (χ3n) is 3.06. The lowest BCUT2D eigenvalue weighted by Gasteiger charge is -2.03. The average Bonchev–Trinajstić information content (AvgIpc) is 2.90. The van der Waals surface area contributed by atoms with E-state index in [0.29, 0.717) is 12.1 Å². The number of aryl methyl sites for hydroxylation is 1. The van der Waals surface area contributed by atoms with Crippen molar-refractivity contribution < 1.29 is 14.3 Å². The number of esters is 1. The molecule has 0 atom stereocenters. The first-order chi connectivity index (χ1) is 11.0. The van der Waals surface area contributed by atoms with Crippen molar-refractivity contribution in [1.29, 1.82) is 5.26 Å². The highest BCUT2D eigenvalue weighted by atomic mass is 16.5. The highest BCUT2D eigenvalue weighted by Crippen LogP contribution is 2.13. The molecule has 0 saturated heterocycles. The second kappa shape index (κ2) is 9.41. The van der Waals surface area contributed by atoms with Gasteiger partial charge in [-0.1, -0.05) is 19.8 Å². The van der Waals surface area contributed by atoms with Gasteiger partial charge in [0.05, 0.1) is 6.61 Å². The van der Waals surface area contributed by atoms with Crippen LogP contribution in [0, 0.1) is 11.3 Å². The van der Waals surface area contributed by atoms with Gasteiger partial charge in [-0.25, -0.2) is 4.79 Å². The number of hydrogen-bond acceptors (Lipinski definition) is 5. The van der Waals surface area contributed by atoms with E-state index in [1.165, 1.54) is 10.8 Å². The molecular weight excluding hydrogens is 296 g/mol. The Morgan fingerprint density at radius 2 is 2.17 bits per heavy atom.